The molecule has 2 amide bonds. The van der Waals surface area contributed by atoms with Crippen molar-refractivity contribution < 1.29 is 14.3 Å². The fourth-order valence-electron chi connectivity index (χ4n) is 2.06. The summed E-state index contributed by atoms with van der Waals surface area (Å²) in [6.07, 6.45) is -0.613. The van der Waals surface area contributed by atoms with Gasteiger partial charge in [-0.15, -0.1) is 0 Å². The molecule has 2 N–H and O–H groups in total. The van der Waals surface area contributed by atoms with E-state index in [1.165, 1.54) is 7.11 Å². The van der Waals surface area contributed by atoms with Gasteiger partial charge in [-0.05, 0) is 31.2 Å². The fourth-order valence-corrected chi connectivity index (χ4v) is 2.06. The van der Waals surface area contributed by atoms with Crippen molar-refractivity contribution in [1.82, 2.24) is 9.88 Å². The van der Waals surface area contributed by atoms with Crippen LogP contribution in [0.25, 0.3) is 0 Å². The molecule has 0 fully saturated rings. The van der Waals surface area contributed by atoms with E-state index in [0.29, 0.717) is 17.8 Å². The molecule has 116 valence electrons. The van der Waals surface area contributed by atoms with Gasteiger partial charge in [-0.3, -0.25) is 10.1 Å². The van der Waals surface area contributed by atoms with Crippen molar-refractivity contribution in [2.75, 3.05) is 12.4 Å². The molecule has 0 radical (unpaired) electrons. The first-order valence-electron chi connectivity index (χ1n) is 6.86. The maximum Gasteiger partial charge on any atom is 0.411 e. The molecule has 6 heteroatoms. The number of hydrogen-bond acceptors (Lipinski definition) is 3. The molecular weight excluding hydrogens is 282 g/mol. The number of methoxy groups -OCH3 is 1. The summed E-state index contributed by atoms with van der Waals surface area (Å²) in [7, 11) is 3.22. The number of amides is 2. The molecule has 1 aromatic heterocycles. The topological polar surface area (TPSA) is 72.4 Å². The monoisotopic (exact) mass is 301 g/mol. The first kappa shape index (κ1) is 15.6. The third kappa shape index (κ3) is 3.46. The summed E-state index contributed by atoms with van der Waals surface area (Å²) in [5.41, 5.74) is 2.93. The minimum Gasteiger partial charge on any atom is -0.453 e. The van der Waals surface area contributed by atoms with Crippen LogP contribution in [0.15, 0.2) is 36.4 Å². The van der Waals surface area contributed by atoms with Crippen LogP contribution in [0.5, 0.6) is 0 Å². The Kier molecular flexibility index (Phi) is 4.83. The van der Waals surface area contributed by atoms with E-state index in [4.69, 9.17) is 0 Å². The van der Waals surface area contributed by atoms with Gasteiger partial charge in [0.1, 0.15) is 0 Å². The molecule has 0 aliphatic carbocycles. The number of benzene rings is 1. The Hall–Kier alpha value is -2.76. The van der Waals surface area contributed by atoms with Crippen LogP contribution in [0.4, 0.5) is 10.5 Å². The second-order valence-electron chi connectivity index (χ2n) is 4.87. The summed E-state index contributed by atoms with van der Waals surface area (Å²) in [5, 5.41) is 5.38. The number of para-hydroxylation sites is 1. The van der Waals surface area contributed by atoms with E-state index in [1.807, 2.05) is 30.7 Å². The molecule has 0 unspecified atom stereocenters. The lowest BCUT2D eigenvalue weighted by atomic mass is 10.1. The Morgan fingerprint density at radius 2 is 1.91 bits per heavy atom. The van der Waals surface area contributed by atoms with Gasteiger partial charge < -0.3 is 14.6 Å². The molecule has 1 aromatic carbocycles. The Bertz CT molecular complexity index is 692. The third-order valence-corrected chi connectivity index (χ3v) is 3.50. The first-order valence-corrected chi connectivity index (χ1v) is 6.86. The predicted molar refractivity (Wildman–Crippen MR) is 83.8 cm³/mol. The van der Waals surface area contributed by atoms with Gasteiger partial charge in [-0.2, -0.15) is 0 Å². The van der Waals surface area contributed by atoms with Crippen molar-refractivity contribution in [2.24, 2.45) is 7.05 Å². The van der Waals surface area contributed by atoms with E-state index in [0.717, 1.165) is 11.4 Å². The van der Waals surface area contributed by atoms with Crippen molar-refractivity contribution in [3.63, 3.8) is 0 Å². The lowest BCUT2D eigenvalue weighted by molar-refractivity contribution is 0.0951. The number of carbonyl (C=O) groups excluding carboxylic acids is 2. The minimum atomic E-state index is -0.613. The summed E-state index contributed by atoms with van der Waals surface area (Å²) in [6, 6.07) is 10.7. The average Bonchev–Trinajstić information content (AvgIpc) is 2.84. The summed E-state index contributed by atoms with van der Waals surface area (Å²) < 4.78 is 6.56. The summed E-state index contributed by atoms with van der Waals surface area (Å²) in [5.74, 6) is -0.258. The van der Waals surface area contributed by atoms with Gasteiger partial charge in [0.25, 0.3) is 5.91 Å². The van der Waals surface area contributed by atoms with Crippen LogP contribution in [-0.4, -0.2) is 23.7 Å². The number of aromatic nitrogens is 1. The van der Waals surface area contributed by atoms with E-state index < -0.39 is 6.09 Å². The Morgan fingerprint density at radius 3 is 2.55 bits per heavy atom. The van der Waals surface area contributed by atoms with Crippen LogP contribution in [0, 0.1) is 6.92 Å². The second kappa shape index (κ2) is 6.80. The van der Waals surface area contributed by atoms with Crippen LogP contribution < -0.4 is 10.6 Å². The number of nitrogens with one attached hydrogen (secondary N) is 2. The van der Waals surface area contributed by atoms with Crippen LogP contribution >= 0.6 is 0 Å². The normalized spacial score (nSPS) is 10.1. The van der Waals surface area contributed by atoms with Gasteiger partial charge in [-0.1, -0.05) is 12.1 Å². The predicted octanol–water partition coefficient (Wildman–Crippen LogP) is 2.44. The zero-order chi connectivity index (χ0) is 16.1. The van der Waals surface area contributed by atoms with Crippen LogP contribution in [0.2, 0.25) is 0 Å². The highest BCUT2D eigenvalue weighted by Gasteiger charge is 2.13. The first-order chi connectivity index (χ1) is 10.5. The largest absolute Gasteiger partial charge is 0.453 e. The van der Waals surface area contributed by atoms with E-state index in [1.54, 1.807) is 24.3 Å². The number of carbonyl (C=O) groups is 2. The van der Waals surface area contributed by atoms with E-state index in [2.05, 4.69) is 15.4 Å². The van der Waals surface area contributed by atoms with E-state index >= 15 is 0 Å². The number of hydrogen-bond donors (Lipinski definition) is 2. The third-order valence-electron chi connectivity index (χ3n) is 3.50. The SMILES string of the molecule is COC(=O)Nc1ccccc1C(=O)NCc1ccc(C)n1C. The quantitative estimate of drug-likeness (QED) is 0.911. The number of nitrogens with zero attached hydrogens (tertiary/aromatic N) is 1. The highest BCUT2D eigenvalue weighted by atomic mass is 16.5. The maximum atomic E-state index is 12.3. The molecule has 0 aliphatic rings. The van der Waals surface area contributed by atoms with Gasteiger partial charge in [0.05, 0.1) is 24.9 Å². The van der Waals surface area contributed by atoms with Crippen LogP contribution in [-0.2, 0) is 18.3 Å². The summed E-state index contributed by atoms with van der Waals surface area (Å²) in [4.78, 5) is 23.6. The van der Waals surface area contributed by atoms with Crippen molar-refractivity contribution in [3.05, 3.63) is 53.3 Å². The number of anilines is 1. The van der Waals surface area contributed by atoms with Gasteiger partial charge in [0, 0.05) is 18.4 Å². The van der Waals surface area contributed by atoms with E-state index in [-0.39, 0.29) is 5.91 Å². The molecule has 0 atom stereocenters. The highest BCUT2D eigenvalue weighted by Crippen LogP contribution is 2.15. The minimum absolute atomic E-state index is 0.258. The summed E-state index contributed by atoms with van der Waals surface area (Å²) in [6.45, 7) is 2.41. The molecule has 0 saturated heterocycles. The lowest BCUT2D eigenvalue weighted by Crippen LogP contribution is -2.25. The van der Waals surface area contributed by atoms with E-state index in [9.17, 15) is 9.59 Å². The zero-order valence-electron chi connectivity index (χ0n) is 12.8. The Labute approximate surface area is 129 Å². The molecule has 0 saturated carbocycles. The molecule has 2 aromatic rings. The molecule has 1 heterocycles. The Morgan fingerprint density at radius 1 is 1.18 bits per heavy atom. The molecule has 0 aliphatic heterocycles. The van der Waals surface area contributed by atoms with Crippen molar-refractivity contribution in [3.8, 4) is 0 Å². The molecular formula is C16H19N3O3. The van der Waals surface area contributed by atoms with Gasteiger partial charge >= 0.3 is 6.09 Å². The molecule has 6 nitrogen and oxygen atoms in total. The number of rotatable bonds is 4. The van der Waals surface area contributed by atoms with Crippen LogP contribution in [0.1, 0.15) is 21.7 Å². The Balaban J connectivity index is 2.09. The molecule has 2 rings (SSSR count). The molecule has 0 bridgehead atoms. The summed E-state index contributed by atoms with van der Waals surface area (Å²) >= 11 is 0. The number of aryl methyl sites for hydroxylation is 1. The highest BCUT2D eigenvalue weighted by molar-refractivity contribution is 6.02. The maximum absolute atomic E-state index is 12.3. The zero-order valence-corrected chi connectivity index (χ0v) is 12.8. The number of ether oxygens (including phenoxy) is 1. The van der Waals surface area contributed by atoms with Crippen molar-refractivity contribution in [2.45, 2.75) is 13.5 Å². The lowest BCUT2D eigenvalue weighted by Gasteiger charge is -2.11. The van der Waals surface area contributed by atoms with Crippen LogP contribution in [0.3, 0.4) is 0 Å². The smallest absolute Gasteiger partial charge is 0.411 e. The average molecular weight is 301 g/mol. The molecule has 22 heavy (non-hydrogen) atoms. The van der Waals surface area contributed by atoms with Gasteiger partial charge in [0.2, 0.25) is 0 Å². The second-order valence-corrected chi connectivity index (χ2v) is 4.87. The molecule has 0 spiro atoms. The standard InChI is InChI=1S/C16H19N3O3/c1-11-8-9-12(19(11)2)10-17-15(20)13-6-4-5-7-14(13)18-16(21)22-3/h4-9H,10H2,1-3H3,(H,17,20)(H,18,21). The van der Waals surface area contributed by atoms with Crippen molar-refractivity contribution in [1.29, 1.82) is 0 Å². The fraction of sp³-hybridized carbons (Fsp3) is 0.250. The van der Waals surface area contributed by atoms with Gasteiger partial charge in [0.15, 0.2) is 0 Å². The van der Waals surface area contributed by atoms with Gasteiger partial charge in [-0.25, -0.2) is 4.79 Å². The van der Waals surface area contributed by atoms with Crippen molar-refractivity contribution >= 4 is 17.7 Å².